The molecule has 18 heavy (non-hydrogen) atoms. The fourth-order valence-electron chi connectivity index (χ4n) is 4.49. The Balaban J connectivity index is 1.90. The number of piperidine rings is 1. The molecular formula is C14H19N3O. The van der Waals surface area contributed by atoms with Crippen LogP contribution >= 0.6 is 0 Å². The molecule has 4 heteroatoms. The lowest BCUT2D eigenvalue weighted by Gasteiger charge is -2.55. The molecule has 3 aliphatic rings. The number of aromatic amines is 1. The van der Waals surface area contributed by atoms with E-state index in [9.17, 15) is 4.79 Å². The number of carbonyl (C=O) groups is 1. The number of hydrogen-bond acceptors (Lipinski definition) is 2. The summed E-state index contributed by atoms with van der Waals surface area (Å²) >= 11 is 0. The minimum absolute atomic E-state index is 0.0544. The second-order valence-electron chi connectivity index (χ2n) is 5.93. The number of H-pyrrole nitrogens is 1. The maximum Gasteiger partial charge on any atom is 0.223 e. The van der Waals surface area contributed by atoms with Gasteiger partial charge in [0.1, 0.15) is 0 Å². The molecule has 1 spiro atoms. The van der Waals surface area contributed by atoms with E-state index in [0.29, 0.717) is 11.8 Å². The first-order valence-electron chi connectivity index (χ1n) is 7.15. The van der Waals surface area contributed by atoms with E-state index in [1.807, 2.05) is 6.33 Å². The first kappa shape index (κ1) is 10.6. The van der Waals surface area contributed by atoms with Gasteiger partial charge >= 0.3 is 0 Å². The second-order valence-corrected chi connectivity index (χ2v) is 5.93. The molecule has 1 aliphatic carbocycles. The molecular weight excluding hydrogens is 226 g/mol. The van der Waals surface area contributed by atoms with E-state index >= 15 is 0 Å². The molecule has 0 bridgehead atoms. The van der Waals surface area contributed by atoms with Crippen molar-refractivity contribution in [1.82, 2.24) is 14.9 Å². The van der Waals surface area contributed by atoms with E-state index < -0.39 is 0 Å². The first-order valence-corrected chi connectivity index (χ1v) is 7.15. The summed E-state index contributed by atoms with van der Waals surface area (Å²) in [6.45, 7) is 0.879. The Morgan fingerprint density at radius 2 is 2.28 bits per heavy atom. The summed E-state index contributed by atoms with van der Waals surface area (Å²) in [6, 6.07) is 0. The van der Waals surface area contributed by atoms with Gasteiger partial charge in [0.15, 0.2) is 0 Å². The van der Waals surface area contributed by atoms with Gasteiger partial charge in [0, 0.05) is 25.1 Å². The van der Waals surface area contributed by atoms with Crippen LogP contribution in [0, 0.1) is 5.92 Å². The van der Waals surface area contributed by atoms with Gasteiger partial charge in [0.25, 0.3) is 0 Å². The van der Waals surface area contributed by atoms with Gasteiger partial charge in [-0.05, 0) is 25.2 Å². The summed E-state index contributed by atoms with van der Waals surface area (Å²) in [5.41, 5.74) is 2.40. The molecule has 96 valence electrons. The SMILES string of the molecule is O=C1CC[C@@H]2CCCC[C@]23c2nc[nH]c2CCN13. The molecule has 4 nitrogen and oxygen atoms in total. The van der Waals surface area contributed by atoms with Crippen LogP contribution in [0.5, 0.6) is 0 Å². The smallest absolute Gasteiger partial charge is 0.223 e. The molecule has 1 saturated heterocycles. The van der Waals surface area contributed by atoms with E-state index in [1.54, 1.807) is 0 Å². The Morgan fingerprint density at radius 1 is 1.33 bits per heavy atom. The summed E-state index contributed by atoms with van der Waals surface area (Å²) in [4.78, 5) is 22.4. The van der Waals surface area contributed by atoms with Crippen molar-refractivity contribution in [3.05, 3.63) is 17.7 Å². The van der Waals surface area contributed by atoms with Crippen LogP contribution in [0.2, 0.25) is 0 Å². The summed E-state index contributed by atoms with van der Waals surface area (Å²) < 4.78 is 0. The van der Waals surface area contributed by atoms with Crippen LogP contribution in [0.4, 0.5) is 0 Å². The topological polar surface area (TPSA) is 49.0 Å². The minimum atomic E-state index is -0.0544. The van der Waals surface area contributed by atoms with Crippen molar-refractivity contribution < 1.29 is 4.79 Å². The number of nitrogens with one attached hydrogen (secondary N) is 1. The first-order chi connectivity index (χ1) is 8.82. The van der Waals surface area contributed by atoms with Gasteiger partial charge in [-0.2, -0.15) is 0 Å². The van der Waals surface area contributed by atoms with Crippen LogP contribution in [0.25, 0.3) is 0 Å². The zero-order valence-electron chi connectivity index (χ0n) is 10.6. The summed E-state index contributed by atoms with van der Waals surface area (Å²) in [6.07, 6.45) is 9.47. The van der Waals surface area contributed by atoms with Gasteiger partial charge in [-0.15, -0.1) is 0 Å². The molecule has 0 aromatic carbocycles. The lowest BCUT2D eigenvalue weighted by Crippen LogP contribution is -2.61. The maximum absolute atomic E-state index is 12.3. The van der Waals surface area contributed by atoms with Crippen molar-refractivity contribution in [3.63, 3.8) is 0 Å². The number of carbonyl (C=O) groups excluding carboxylic acids is 1. The molecule has 2 atom stereocenters. The van der Waals surface area contributed by atoms with E-state index in [0.717, 1.165) is 32.2 Å². The highest BCUT2D eigenvalue weighted by molar-refractivity contribution is 5.79. The van der Waals surface area contributed by atoms with Gasteiger partial charge in [-0.25, -0.2) is 4.98 Å². The van der Waals surface area contributed by atoms with Crippen LogP contribution in [0.15, 0.2) is 6.33 Å². The highest BCUT2D eigenvalue weighted by Crippen LogP contribution is 2.52. The monoisotopic (exact) mass is 245 g/mol. The van der Waals surface area contributed by atoms with Crippen LogP contribution < -0.4 is 0 Å². The van der Waals surface area contributed by atoms with Crippen molar-refractivity contribution in [2.45, 2.75) is 50.5 Å². The second kappa shape index (κ2) is 3.59. The molecule has 3 heterocycles. The highest BCUT2D eigenvalue weighted by Gasteiger charge is 2.54. The van der Waals surface area contributed by atoms with Crippen molar-refractivity contribution in [2.75, 3.05) is 6.54 Å². The fraction of sp³-hybridized carbons (Fsp3) is 0.714. The van der Waals surface area contributed by atoms with Crippen LogP contribution in [-0.4, -0.2) is 27.3 Å². The number of fused-ring (bicyclic) bond motifs is 1. The Bertz CT molecular complexity index is 495. The van der Waals surface area contributed by atoms with E-state index in [1.165, 1.54) is 30.7 Å². The normalized spacial score (nSPS) is 34.8. The number of aromatic nitrogens is 2. The quantitative estimate of drug-likeness (QED) is 0.759. The molecule has 1 aromatic heterocycles. The Kier molecular flexibility index (Phi) is 2.11. The van der Waals surface area contributed by atoms with Crippen LogP contribution in [0.1, 0.15) is 49.9 Å². The van der Waals surface area contributed by atoms with Crippen molar-refractivity contribution in [3.8, 4) is 0 Å². The zero-order valence-corrected chi connectivity index (χ0v) is 10.6. The third-order valence-electron chi connectivity index (χ3n) is 5.24. The predicted molar refractivity (Wildman–Crippen MR) is 66.9 cm³/mol. The van der Waals surface area contributed by atoms with Gasteiger partial charge in [0.2, 0.25) is 5.91 Å². The summed E-state index contributed by atoms with van der Waals surface area (Å²) in [5, 5.41) is 0. The molecule has 2 fully saturated rings. The Hall–Kier alpha value is -1.32. The summed E-state index contributed by atoms with van der Waals surface area (Å²) in [5.74, 6) is 0.980. The van der Waals surface area contributed by atoms with Crippen molar-refractivity contribution >= 4 is 5.91 Å². The van der Waals surface area contributed by atoms with Crippen molar-refractivity contribution in [2.24, 2.45) is 5.92 Å². The lowest BCUT2D eigenvalue weighted by molar-refractivity contribution is -0.152. The van der Waals surface area contributed by atoms with Crippen molar-refractivity contribution in [1.29, 1.82) is 0 Å². The third-order valence-corrected chi connectivity index (χ3v) is 5.24. The molecule has 0 unspecified atom stereocenters. The molecule has 1 aromatic rings. The number of amides is 1. The third kappa shape index (κ3) is 1.16. The molecule has 1 saturated carbocycles. The van der Waals surface area contributed by atoms with Gasteiger partial charge in [-0.1, -0.05) is 12.8 Å². The average molecular weight is 245 g/mol. The largest absolute Gasteiger partial charge is 0.348 e. The molecule has 2 aliphatic heterocycles. The Labute approximate surface area is 107 Å². The maximum atomic E-state index is 12.3. The van der Waals surface area contributed by atoms with Gasteiger partial charge in [0.05, 0.1) is 17.6 Å². The molecule has 1 amide bonds. The molecule has 0 radical (unpaired) electrons. The predicted octanol–water partition coefficient (Wildman–Crippen LogP) is 1.97. The van der Waals surface area contributed by atoms with Crippen LogP contribution in [-0.2, 0) is 16.8 Å². The van der Waals surface area contributed by atoms with E-state index in [-0.39, 0.29) is 5.54 Å². The van der Waals surface area contributed by atoms with Gasteiger partial charge in [-0.3, -0.25) is 4.79 Å². The van der Waals surface area contributed by atoms with Gasteiger partial charge < -0.3 is 9.88 Å². The number of hydrogen-bond donors (Lipinski definition) is 1. The average Bonchev–Trinajstić information content (AvgIpc) is 2.87. The minimum Gasteiger partial charge on any atom is -0.348 e. The number of imidazole rings is 1. The fourth-order valence-corrected chi connectivity index (χ4v) is 4.49. The highest BCUT2D eigenvalue weighted by atomic mass is 16.2. The lowest BCUT2D eigenvalue weighted by atomic mass is 9.64. The van der Waals surface area contributed by atoms with Crippen LogP contribution in [0.3, 0.4) is 0 Å². The summed E-state index contributed by atoms with van der Waals surface area (Å²) in [7, 11) is 0. The van der Waals surface area contributed by atoms with E-state index in [4.69, 9.17) is 0 Å². The molecule has 4 rings (SSSR count). The number of rotatable bonds is 0. The standard InChI is InChI=1S/C14H19N3O/c18-12-5-4-10-3-1-2-7-14(10)13-11(15-9-16-13)6-8-17(12)14/h9-10H,1-8H2,(H,15,16)/t10-,14+/m0/s1. The zero-order chi connectivity index (χ0) is 12.2. The number of nitrogens with zero attached hydrogens (tertiary/aromatic N) is 2. The van der Waals surface area contributed by atoms with E-state index in [2.05, 4.69) is 14.9 Å². The molecule has 1 N–H and O–H groups in total. The Morgan fingerprint density at radius 3 is 3.22 bits per heavy atom.